The highest BCUT2D eigenvalue weighted by molar-refractivity contribution is 9.11. The molecular weight excluding hydrogens is 272 g/mol. The van der Waals surface area contributed by atoms with Crippen LogP contribution in [-0.2, 0) is 0 Å². The molecule has 5 N–H and O–H groups in total. The second-order valence-electron chi connectivity index (χ2n) is 3.09. The summed E-state index contributed by atoms with van der Waals surface area (Å²) in [6.07, 6.45) is 0.132. The molecule has 0 bridgehead atoms. The van der Waals surface area contributed by atoms with E-state index in [2.05, 4.69) is 21.2 Å². The van der Waals surface area contributed by atoms with Gasteiger partial charge in [0.2, 0.25) is 0 Å². The van der Waals surface area contributed by atoms with Gasteiger partial charge in [0.05, 0.1) is 16.0 Å². The van der Waals surface area contributed by atoms with Gasteiger partial charge >= 0.3 is 0 Å². The van der Waals surface area contributed by atoms with Crippen molar-refractivity contribution in [3.05, 3.63) is 10.2 Å². The van der Waals surface area contributed by atoms with Crippen LogP contribution in [-0.4, -0.2) is 35.4 Å². The van der Waals surface area contributed by atoms with E-state index in [1.165, 1.54) is 0 Å². The molecule has 0 aromatic carbocycles. The average Bonchev–Trinajstić information content (AvgIpc) is 2.28. The summed E-state index contributed by atoms with van der Waals surface area (Å²) in [6, 6.07) is 0. The molecule has 16 heavy (non-hydrogen) atoms. The first kappa shape index (κ1) is 15.0. The molecule has 5 nitrogen and oxygen atoms in total. The zero-order valence-corrected chi connectivity index (χ0v) is 11.0. The van der Waals surface area contributed by atoms with Crippen LogP contribution in [0.15, 0.2) is 10.2 Å². The first-order valence-electron chi connectivity index (χ1n) is 4.97. The van der Waals surface area contributed by atoms with Gasteiger partial charge in [-0.3, -0.25) is 0 Å². The molecule has 0 aromatic rings. The first-order chi connectivity index (χ1) is 7.49. The smallest absolute Gasteiger partial charge is 0.126 e. The Morgan fingerprint density at radius 1 is 1.44 bits per heavy atom. The van der Waals surface area contributed by atoms with Gasteiger partial charge in [0.15, 0.2) is 0 Å². The second kappa shape index (κ2) is 7.29. The van der Waals surface area contributed by atoms with Gasteiger partial charge in [-0.15, -0.1) is 0 Å². The van der Waals surface area contributed by atoms with Crippen molar-refractivity contribution in [2.75, 3.05) is 6.54 Å². The Hall–Kier alpha value is -1.01. The number of aliphatic hydroxyl groups excluding tert-OH is 1. The fraction of sp³-hybridized carbons (Fsp3) is 0.500. The number of rotatable bonds is 7. The minimum absolute atomic E-state index is 0.0728. The third-order valence-electron chi connectivity index (χ3n) is 1.99. The van der Waals surface area contributed by atoms with E-state index in [0.717, 1.165) is 6.21 Å². The summed E-state index contributed by atoms with van der Waals surface area (Å²) < 4.78 is 0.478. The summed E-state index contributed by atoms with van der Waals surface area (Å²) in [5.41, 5.74) is 0.157. The van der Waals surface area contributed by atoms with Crippen molar-refractivity contribution in [2.45, 2.75) is 26.4 Å². The Bertz CT molecular complexity index is 325. The standard InChI is InChI=1S/C10H17BrN4O/c1-3-7(13)8(14)9(16)6(5-12)10(11)15-4-2/h5,9,12-16H,3-4H2,1-2H3/b10-6+,12-5?,13-7?,14-8?. The van der Waals surface area contributed by atoms with Crippen LogP contribution < -0.4 is 5.32 Å². The molecule has 6 heteroatoms. The summed E-state index contributed by atoms with van der Waals surface area (Å²) in [5.74, 6) is 0. The molecule has 0 heterocycles. The van der Waals surface area contributed by atoms with Gasteiger partial charge in [0.25, 0.3) is 0 Å². The molecule has 0 aromatic heterocycles. The van der Waals surface area contributed by atoms with Gasteiger partial charge in [-0.2, -0.15) is 0 Å². The van der Waals surface area contributed by atoms with Gasteiger partial charge in [-0.05, 0) is 29.3 Å². The Morgan fingerprint density at radius 3 is 2.38 bits per heavy atom. The molecule has 1 atom stereocenters. The highest BCUT2D eigenvalue weighted by atomic mass is 79.9. The Kier molecular flexibility index (Phi) is 6.83. The summed E-state index contributed by atoms with van der Waals surface area (Å²) in [4.78, 5) is 0. The van der Waals surface area contributed by atoms with Crippen LogP contribution >= 0.6 is 15.9 Å². The molecule has 0 fully saturated rings. The SMILES string of the molecule is CCN/C(Br)=C(\C=N)C(O)C(=N)C(=N)CC. The lowest BCUT2D eigenvalue weighted by molar-refractivity contribution is 0.283. The molecule has 0 spiro atoms. The molecule has 0 amide bonds. The first-order valence-corrected chi connectivity index (χ1v) is 5.77. The molecule has 0 radical (unpaired) electrons. The van der Waals surface area contributed by atoms with E-state index >= 15 is 0 Å². The van der Waals surface area contributed by atoms with Crippen molar-refractivity contribution < 1.29 is 5.11 Å². The van der Waals surface area contributed by atoms with Crippen molar-refractivity contribution >= 4 is 33.6 Å². The summed E-state index contributed by atoms with van der Waals surface area (Å²) in [6.45, 7) is 4.27. The number of hydrogen-bond acceptors (Lipinski definition) is 5. The van der Waals surface area contributed by atoms with Crippen LogP contribution in [0, 0.1) is 16.2 Å². The lowest BCUT2D eigenvalue weighted by Crippen LogP contribution is -2.31. The van der Waals surface area contributed by atoms with E-state index in [1.54, 1.807) is 6.92 Å². The Morgan fingerprint density at radius 2 is 2.00 bits per heavy atom. The molecule has 90 valence electrons. The zero-order valence-electron chi connectivity index (χ0n) is 9.39. The summed E-state index contributed by atoms with van der Waals surface area (Å²) in [5, 5.41) is 35.0. The largest absolute Gasteiger partial charge is 0.382 e. The molecule has 1 unspecified atom stereocenters. The molecule has 0 aliphatic carbocycles. The number of halogens is 1. The van der Waals surface area contributed by atoms with Gasteiger partial charge < -0.3 is 26.7 Å². The highest BCUT2D eigenvalue weighted by Crippen LogP contribution is 2.12. The van der Waals surface area contributed by atoms with Crippen LogP contribution in [0.1, 0.15) is 20.3 Å². The lowest BCUT2D eigenvalue weighted by Gasteiger charge is -2.15. The van der Waals surface area contributed by atoms with Crippen molar-refractivity contribution in [3.63, 3.8) is 0 Å². The highest BCUT2D eigenvalue weighted by Gasteiger charge is 2.20. The maximum absolute atomic E-state index is 9.83. The van der Waals surface area contributed by atoms with Crippen LogP contribution in [0.2, 0.25) is 0 Å². The number of aliphatic hydroxyl groups is 1. The molecule has 0 rings (SSSR count). The van der Waals surface area contributed by atoms with Crippen LogP contribution in [0.25, 0.3) is 0 Å². The Labute approximate surface area is 104 Å². The van der Waals surface area contributed by atoms with Crippen LogP contribution in [0.3, 0.4) is 0 Å². The minimum Gasteiger partial charge on any atom is -0.382 e. The number of hydrogen-bond donors (Lipinski definition) is 5. The minimum atomic E-state index is -1.24. The molecule has 0 saturated heterocycles. The van der Waals surface area contributed by atoms with Gasteiger partial charge in [-0.25, -0.2) is 0 Å². The monoisotopic (exact) mass is 288 g/mol. The number of nitrogens with one attached hydrogen (secondary N) is 4. The van der Waals surface area contributed by atoms with E-state index in [1.807, 2.05) is 6.92 Å². The molecular formula is C10H17BrN4O. The predicted octanol–water partition coefficient (Wildman–Crippen LogP) is 1.66. The maximum atomic E-state index is 9.83. The maximum Gasteiger partial charge on any atom is 0.126 e. The average molecular weight is 289 g/mol. The van der Waals surface area contributed by atoms with Gasteiger partial charge in [0, 0.05) is 18.3 Å². The van der Waals surface area contributed by atoms with Crippen molar-refractivity contribution in [2.24, 2.45) is 0 Å². The van der Waals surface area contributed by atoms with Crippen LogP contribution in [0.5, 0.6) is 0 Å². The van der Waals surface area contributed by atoms with E-state index in [4.69, 9.17) is 16.2 Å². The van der Waals surface area contributed by atoms with Crippen molar-refractivity contribution in [3.8, 4) is 0 Å². The molecule has 0 aliphatic heterocycles. The third-order valence-corrected chi connectivity index (χ3v) is 2.73. The van der Waals surface area contributed by atoms with Gasteiger partial charge in [-0.1, -0.05) is 6.92 Å². The van der Waals surface area contributed by atoms with E-state index in [9.17, 15) is 5.11 Å². The van der Waals surface area contributed by atoms with Gasteiger partial charge in [0.1, 0.15) is 6.10 Å². The predicted molar refractivity (Wildman–Crippen MR) is 70.2 cm³/mol. The fourth-order valence-corrected chi connectivity index (χ4v) is 1.64. The molecule has 0 aliphatic rings. The van der Waals surface area contributed by atoms with Crippen molar-refractivity contribution in [1.82, 2.24) is 5.32 Å². The van der Waals surface area contributed by atoms with Crippen LogP contribution in [0.4, 0.5) is 0 Å². The molecule has 0 saturated carbocycles. The third kappa shape index (κ3) is 3.86. The summed E-state index contributed by atoms with van der Waals surface area (Å²) in [7, 11) is 0. The normalized spacial score (nSPS) is 13.8. The second-order valence-corrected chi connectivity index (χ2v) is 3.89. The Balaban J connectivity index is 4.98. The van der Waals surface area contributed by atoms with E-state index in [-0.39, 0.29) is 17.0 Å². The quantitative estimate of drug-likeness (QED) is 0.363. The lowest BCUT2D eigenvalue weighted by atomic mass is 10.0. The van der Waals surface area contributed by atoms with Crippen molar-refractivity contribution in [1.29, 1.82) is 16.2 Å². The van der Waals surface area contributed by atoms with E-state index in [0.29, 0.717) is 17.6 Å². The summed E-state index contributed by atoms with van der Waals surface area (Å²) >= 11 is 3.19. The fourth-order valence-electron chi connectivity index (χ4n) is 1.03. The topological polar surface area (TPSA) is 104 Å². The zero-order chi connectivity index (χ0) is 12.7. The van der Waals surface area contributed by atoms with E-state index < -0.39 is 6.10 Å².